The van der Waals surface area contributed by atoms with Crippen molar-refractivity contribution in [3.63, 3.8) is 0 Å². The van der Waals surface area contributed by atoms with Crippen molar-refractivity contribution in [2.24, 2.45) is 5.92 Å². The number of benzene rings is 3. The van der Waals surface area contributed by atoms with Gasteiger partial charge in [0.25, 0.3) is 11.5 Å². The van der Waals surface area contributed by atoms with Crippen LogP contribution in [-0.4, -0.2) is 105 Å². The number of amides is 3. The number of hydrogen-bond acceptors (Lipinski definition) is 10. The SMILES string of the molecule is COc1nc(Cl)c2ccc(C(=O)NCCCC(Cc3ccccc3)C(=O)N3CCC(O)(Cn4cnc5cc(NC(=O)CCN(C)C)ccc5c4=O)CC3)cc2n1. The number of fused-ring (bicyclic) bond motifs is 2. The highest BCUT2D eigenvalue weighted by Gasteiger charge is 2.36. The molecule has 14 nitrogen and oxygen atoms in total. The van der Waals surface area contributed by atoms with Crippen molar-refractivity contribution in [2.45, 2.75) is 50.7 Å². The normalized spacial score (nSPS) is 14.5. The number of likely N-dealkylation sites (tertiary alicyclic amines) is 1. The van der Waals surface area contributed by atoms with Crippen molar-refractivity contribution in [3.05, 3.63) is 99.7 Å². The van der Waals surface area contributed by atoms with Gasteiger partial charge >= 0.3 is 6.01 Å². The molecule has 5 aromatic rings. The fourth-order valence-corrected chi connectivity index (χ4v) is 7.17. The number of ether oxygens (including phenoxy) is 1. The summed E-state index contributed by atoms with van der Waals surface area (Å²) in [7, 11) is 5.24. The number of aliphatic hydroxyl groups is 1. The second-order valence-corrected chi connectivity index (χ2v) is 14.9. The molecule has 0 radical (unpaired) electrons. The van der Waals surface area contributed by atoms with Crippen LogP contribution < -0.4 is 20.9 Å². The van der Waals surface area contributed by atoms with Crippen LogP contribution in [-0.2, 0) is 22.6 Å². The molecular formula is C41H47ClN8O6. The lowest BCUT2D eigenvalue weighted by Crippen LogP contribution is -2.51. The molecule has 1 saturated heterocycles. The predicted molar refractivity (Wildman–Crippen MR) is 215 cm³/mol. The second-order valence-electron chi connectivity index (χ2n) is 14.6. The molecule has 1 fully saturated rings. The number of aromatic nitrogens is 4. The van der Waals surface area contributed by atoms with Gasteiger partial charge in [-0.2, -0.15) is 9.97 Å². The maximum atomic E-state index is 14.0. The molecule has 3 aromatic carbocycles. The molecule has 3 heterocycles. The highest BCUT2D eigenvalue weighted by Crippen LogP contribution is 2.28. The largest absolute Gasteiger partial charge is 0.467 e. The van der Waals surface area contributed by atoms with Crippen LogP contribution in [0, 0.1) is 5.92 Å². The Bertz CT molecular complexity index is 2260. The third kappa shape index (κ3) is 10.0. The minimum absolute atomic E-state index is 0.00332. The van der Waals surface area contributed by atoms with E-state index in [1.807, 2.05) is 49.3 Å². The summed E-state index contributed by atoms with van der Waals surface area (Å²) < 4.78 is 6.52. The van der Waals surface area contributed by atoms with E-state index in [1.54, 1.807) is 41.3 Å². The van der Waals surface area contributed by atoms with Gasteiger partial charge in [0.1, 0.15) is 5.15 Å². The predicted octanol–water partition coefficient (Wildman–Crippen LogP) is 4.31. The molecule has 0 bridgehead atoms. The number of halogens is 1. The average molecular weight is 783 g/mol. The van der Waals surface area contributed by atoms with Crippen molar-refractivity contribution in [1.29, 1.82) is 0 Å². The van der Waals surface area contributed by atoms with E-state index in [2.05, 4.69) is 25.6 Å². The van der Waals surface area contributed by atoms with E-state index in [0.29, 0.717) is 97.8 Å². The molecule has 294 valence electrons. The summed E-state index contributed by atoms with van der Waals surface area (Å²) in [5.41, 5.74) is 1.45. The van der Waals surface area contributed by atoms with Gasteiger partial charge < -0.3 is 30.3 Å². The lowest BCUT2D eigenvalue weighted by molar-refractivity contribution is -0.140. The number of methoxy groups -OCH3 is 1. The van der Waals surface area contributed by atoms with E-state index >= 15 is 0 Å². The van der Waals surface area contributed by atoms with Crippen molar-refractivity contribution in [3.8, 4) is 6.01 Å². The number of hydrogen-bond donors (Lipinski definition) is 3. The van der Waals surface area contributed by atoms with Crippen molar-refractivity contribution < 1.29 is 24.2 Å². The number of piperidine rings is 1. The van der Waals surface area contributed by atoms with Crippen molar-refractivity contribution in [1.82, 2.24) is 34.6 Å². The Hall–Kier alpha value is -5.44. The monoisotopic (exact) mass is 782 g/mol. The Labute approximate surface area is 329 Å². The number of rotatable bonds is 15. The molecule has 3 N–H and O–H groups in total. The number of nitrogens with zero attached hydrogens (tertiary/aromatic N) is 6. The smallest absolute Gasteiger partial charge is 0.318 e. The van der Waals surface area contributed by atoms with Crippen LogP contribution in [0.5, 0.6) is 6.01 Å². The average Bonchev–Trinajstić information content (AvgIpc) is 3.19. The Kier molecular flexibility index (Phi) is 12.9. The third-order valence-electron chi connectivity index (χ3n) is 10.1. The number of carbonyl (C=O) groups excluding carboxylic acids is 3. The fourth-order valence-electron chi connectivity index (χ4n) is 6.94. The summed E-state index contributed by atoms with van der Waals surface area (Å²) in [6.45, 7) is 1.70. The van der Waals surface area contributed by atoms with E-state index in [0.717, 1.165) is 5.56 Å². The zero-order valence-electron chi connectivity index (χ0n) is 31.8. The van der Waals surface area contributed by atoms with Crippen LogP contribution in [0.1, 0.15) is 48.0 Å². The molecule has 0 saturated carbocycles. The fraction of sp³-hybridized carbons (Fsp3) is 0.390. The van der Waals surface area contributed by atoms with Gasteiger partial charge in [0.05, 0.1) is 42.0 Å². The van der Waals surface area contributed by atoms with E-state index in [4.69, 9.17) is 16.3 Å². The van der Waals surface area contributed by atoms with Crippen LogP contribution in [0.4, 0.5) is 5.69 Å². The van der Waals surface area contributed by atoms with Crippen LogP contribution in [0.2, 0.25) is 5.15 Å². The summed E-state index contributed by atoms with van der Waals surface area (Å²) in [6.07, 6.45) is 4.02. The molecule has 2 aromatic heterocycles. The molecule has 1 atom stereocenters. The molecule has 3 amide bonds. The first kappa shape index (κ1) is 40.2. The van der Waals surface area contributed by atoms with E-state index in [1.165, 1.54) is 18.0 Å². The molecule has 56 heavy (non-hydrogen) atoms. The highest BCUT2D eigenvalue weighted by atomic mass is 35.5. The van der Waals surface area contributed by atoms with Crippen LogP contribution in [0.15, 0.2) is 77.9 Å². The maximum Gasteiger partial charge on any atom is 0.318 e. The lowest BCUT2D eigenvalue weighted by Gasteiger charge is -2.39. The standard InChI is InChI=1S/C41H47ClN8O6/c1-48(2)19-15-35(51)45-30-12-14-32-33(24-30)44-26-50(39(32)54)25-41(55)16-20-49(21-17-41)38(53)29(22-27-8-5-4-6-9-27)10-7-18-43-37(52)28-11-13-31-34(23-28)46-40(56-3)47-36(31)42/h4-6,8-9,11-14,23-24,26,29,55H,7,10,15-22,25H2,1-3H3,(H,43,52)(H,45,51). The zero-order chi connectivity index (χ0) is 39.8. The number of carbonyl (C=O) groups is 3. The first-order chi connectivity index (χ1) is 26.9. The minimum atomic E-state index is -1.21. The van der Waals surface area contributed by atoms with Gasteiger partial charge in [0.15, 0.2) is 0 Å². The Morgan fingerprint density at radius 1 is 1.00 bits per heavy atom. The second kappa shape index (κ2) is 18.0. The topological polar surface area (TPSA) is 172 Å². The lowest BCUT2D eigenvalue weighted by atomic mass is 9.88. The van der Waals surface area contributed by atoms with Crippen molar-refractivity contribution >= 4 is 56.8 Å². The third-order valence-corrected chi connectivity index (χ3v) is 10.4. The van der Waals surface area contributed by atoms with Gasteiger partial charge in [0.2, 0.25) is 11.8 Å². The van der Waals surface area contributed by atoms with Gasteiger partial charge in [-0.15, -0.1) is 0 Å². The van der Waals surface area contributed by atoms with E-state index in [9.17, 15) is 24.3 Å². The van der Waals surface area contributed by atoms with Crippen LogP contribution in [0.25, 0.3) is 21.8 Å². The summed E-state index contributed by atoms with van der Waals surface area (Å²) in [5, 5.41) is 18.6. The zero-order valence-corrected chi connectivity index (χ0v) is 32.6. The Morgan fingerprint density at radius 3 is 2.48 bits per heavy atom. The molecule has 1 aliphatic heterocycles. The Morgan fingerprint density at radius 2 is 1.75 bits per heavy atom. The van der Waals surface area contributed by atoms with Gasteiger partial charge in [-0.1, -0.05) is 41.9 Å². The first-order valence-corrected chi connectivity index (χ1v) is 19.1. The summed E-state index contributed by atoms with van der Waals surface area (Å²) in [6, 6.07) is 19.9. The highest BCUT2D eigenvalue weighted by molar-refractivity contribution is 6.34. The van der Waals surface area contributed by atoms with E-state index < -0.39 is 5.60 Å². The van der Waals surface area contributed by atoms with Crippen LogP contribution in [0.3, 0.4) is 0 Å². The Balaban J connectivity index is 1.05. The summed E-state index contributed by atoms with van der Waals surface area (Å²) in [5.74, 6) is -0.734. The maximum absolute atomic E-state index is 14.0. The molecule has 1 unspecified atom stereocenters. The molecule has 1 aliphatic rings. The van der Waals surface area contributed by atoms with E-state index in [-0.39, 0.29) is 46.9 Å². The molecule has 0 spiro atoms. The minimum Gasteiger partial charge on any atom is -0.467 e. The molecule has 6 rings (SSSR count). The quantitative estimate of drug-likeness (QED) is 0.103. The summed E-state index contributed by atoms with van der Waals surface area (Å²) >= 11 is 6.24. The molecule has 15 heteroatoms. The molecular weight excluding hydrogens is 736 g/mol. The van der Waals surface area contributed by atoms with Crippen molar-refractivity contribution in [2.75, 3.05) is 52.7 Å². The van der Waals surface area contributed by atoms with Crippen LogP contribution >= 0.6 is 11.6 Å². The van der Waals surface area contributed by atoms with Gasteiger partial charge in [0, 0.05) is 55.2 Å². The van der Waals surface area contributed by atoms with Gasteiger partial charge in [-0.05, 0) is 88.2 Å². The van der Waals surface area contributed by atoms with Gasteiger partial charge in [-0.25, -0.2) is 4.98 Å². The molecule has 0 aliphatic carbocycles. The number of anilines is 1. The van der Waals surface area contributed by atoms with Gasteiger partial charge in [-0.3, -0.25) is 23.7 Å². The number of nitrogens with one attached hydrogen (secondary N) is 2. The first-order valence-electron chi connectivity index (χ1n) is 18.7. The summed E-state index contributed by atoms with van der Waals surface area (Å²) in [4.78, 5) is 69.4.